The van der Waals surface area contributed by atoms with Gasteiger partial charge in [0, 0.05) is 13.6 Å². The molecule has 0 fully saturated rings. The summed E-state index contributed by atoms with van der Waals surface area (Å²) in [5, 5.41) is 0. The van der Waals surface area contributed by atoms with Gasteiger partial charge in [-0.15, -0.1) is 0 Å². The highest BCUT2D eigenvalue weighted by atomic mass is 16.5. The lowest BCUT2D eigenvalue weighted by molar-refractivity contribution is 0.191. The molecule has 0 saturated carbocycles. The fourth-order valence-electron chi connectivity index (χ4n) is 3.90. The first kappa shape index (κ1) is 18.5. The molecule has 0 aromatic heterocycles. The summed E-state index contributed by atoms with van der Waals surface area (Å²) in [4.78, 5) is 4.40. The van der Waals surface area contributed by atoms with E-state index in [1.54, 1.807) is 0 Å². The van der Waals surface area contributed by atoms with E-state index in [4.69, 9.17) is 4.74 Å². The minimum absolute atomic E-state index is 0.266. The molecule has 0 radical (unpaired) electrons. The van der Waals surface area contributed by atoms with E-state index in [2.05, 4.69) is 97.7 Å². The zero-order valence-corrected chi connectivity index (χ0v) is 16.9. The van der Waals surface area contributed by atoms with Crippen LogP contribution in [0.2, 0.25) is 0 Å². The molecule has 2 aromatic carbocycles. The Morgan fingerprint density at radius 2 is 1.75 bits per heavy atom. The second-order valence-electron chi connectivity index (χ2n) is 7.63. The van der Waals surface area contributed by atoms with Crippen LogP contribution in [0.5, 0.6) is 0 Å². The summed E-state index contributed by atoms with van der Waals surface area (Å²) >= 11 is 0. The highest BCUT2D eigenvalue weighted by Gasteiger charge is 2.37. The Morgan fingerprint density at radius 1 is 1.00 bits per heavy atom. The van der Waals surface area contributed by atoms with E-state index >= 15 is 0 Å². The Labute approximate surface area is 168 Å². The van der Waals surface area contributed by atoms with Crippen LogP contribution in [-0.4, -0.2) is 39.2 Å². The number of fused-ring (bicyclic) bond motifs is 1. The van der Waals surface area contributed by atoms with Crippen LogP contribution in [0.4, 0.5) is 5.69 Å². The summed E-state index contributed by atoms with van der Waals surface area (Å²) in [7, 11) is 6.25. The fraction of sp³-hybridized carbons (Fsp3) is 0.280. The average molecular weight is 372 g/mol. The van der Waals surface area contributed by atoms with Gasteiger partial charge in [-0.05, 0) is 37.7 Å². The Bertz CT molecular complexity index is 925. The summed E-state index contributed by atoms with van der Waals surface area (Å²) in [6.45, 7) is 1.55. The molecule has 1 heterocycles. The number of benzene rings is 2. The van der Waals surface area contributed by atoms with Gasteiger partial charge >= 0.3 is 0 Å². The number of likely N-dealkylation sites (N-methyl/N-ethyl adjacent to an activating group) is 2. The SMILES string of the molecule is CN(C)CCOC1=[C+]C2=C(C=C1)N(C)c1ccccc1C2Cc1ccccc1. The normalized spacial score (nSPS) is 17.8. The molecule has 0 bridgehead atoms. The molecule has 3 nitrogen and oxygen atoms in total. The minimum atomic E-state index is 0.266. The monoisotopic (exact) mass is 371 g/mol. The molecule has 0 saturated heterocycles. The highest BCUT2D eigenvalue weighted by molar-refractivity contribution is 5.69. The van der Waals surface area contributed by atoms with Crippen molar-refractivity contribution >= 4 is 5.69 Å². The van der Waals surface area contributed by atoms with Gasteiger partial charge in [-0.25, -0.2) is 0 Å². The number of para-hydroxylation sites is 1. The predicted molar refractivity (Wildman–Crippen MR) is 115 cm³/mol. The maximum absolute atomic E-state index is 5.99. The first-order chi connectivity index (χ1) is 13.6. The smallest absolute Gasteiger partial charge is 0.289 e. The van der Waals surface area contributed by atoms with Crippen molar-refractivity contribution in [3.63, 3.8) is 0 Å². The van der Waals surface area contributed by atoms with Gasteiger partial charge < -0.3 is 9.64 Å². The molecule has 0 amide bonds. The summed E-state index contributed by atoms with van der Waals surface area (Å²) in [5.74, 6) is 1.09. The molecular weight excluding hydrogens is 344 g/mol. The van der Waals surface area contributed by atoms with Crippen molar-refractivity contribution in [3.8, 4) is 0 Å². The molecule has 2 aliphatic rings. The van der Waals surface area contributed by atoms with E-state index in [1.807, 2.05) is 6.08 Å². The molecule has 1 aliphatic heterocycles. The summed E-state index contributed by atoms with van der Waals surface area (Å²) in [6, 6.07) is 19.4. The third-order valence-electron chi connectivity index (χ3n) is 5.39. The van der Waals surface area contributed by atoms with Crippen LogP contribution in [0, 0.1) is 6.08 Å². The van der Waals surface area contributed by atoms with Crippen molar-refractivity contribution in [1.29, 1.82) is 0 Å². The van der Waals surface area contributed by atoms with E-state index in [0.717, 1.165) is 18.7 Å². The number of anilines is 1. The van der Waals surface area contributed by atoms with E-state index in [0.29, 0.717) is 6.61 Å². The van der Waals surface area contributed by atoms with Gasteiger partial charge in [0.05, 0.1) is 29.8 Å². The van der Waals surface area contributed by atoms with Crippen LogP contribution < -0.4 is 4.90 Å². The lowest BCUT2D eigenvalue weighted by Gasteiger charge is -2.31. The van der Waals surface area contributed by atoms with Gasteiger partial charge in [-0.1, -0.05) is 48.5 Å². The third kappa shape index (κ3) is 3.73. The van der Waals surface area contributed by atoms with Crippen molar-refractivity contribution < 1.29 is 4.74 Å². The number of hydrogen-bond donors (Lipinski definition) is 0. The average Bonchev–Trinajstić information content (AvgIpc) is 2.71. The molecule has 2 aromatic rings. The van der Waals surface area contributed by atoms with Crippen LogP contribution >= 0.6 is 0 Å². The third-order valence-corrected chi connectivity index (χ3v) is 5.39. The van der Waals surface area contributed by atoms with Gasteiger partial charge in [0.15, 0.2) is 11.3 Å². The fourth-order valence-corrected chi connectivity index (χ4v) is 3.90. The Hall–Kier alpha value is -2.87. The van der Waals surface area contributed by atoms with E-state index in [-0.39, 0.29) is 5.92 Å². The number of nitrogens with zero attached hydrogens (tertiary/aromatic N) is 2. The molecular formula is C25H27N2O+. The lowest BCUT2D eigenvalue weighted by Crippen LogP contribution is -2.28. The molecule has 0 N–H and O–H groups in total. The summed E-state index contributed by atoms with van der Waals surface area (Å²) in [6.07, 6.45) is 8.76. The second-order valence-corrected chi connectivity index (χ2v) is 7.63. The Balaban J connectivity index is 1.69. The summed E-state index contributed by atoms with van der Waals surface area (Å²) in [5.41, 5.74) is 6.38. The Kier molecular flexibility index (Phi) is 5.29. The van der Waals surface area contributed by atoms with Crippen LogP contribution in [0.15, 0.2) is 83.8 Å². The van der Waals surface area contributed by atoms with E-state index in [9.17, 15) is 0 Å². The first-order valence-corrected chi connectivity index (χ1v) is 9.84. The number of hydrogen-bond acceptors (Lipinski definition) is 3. The predicted octanol–water partition coefficient (Wildman–Crippen LogP) is 4.55. The minimum Gasteiger partial charge on any atom is -0.464 e. The van der Waals surface area contributed by atoms with E-state index in [1.165, 1.54) is 28.1 Å². The maximum Gasteiger partial charge on any atom is 0.289 e. The van der Waals surface area contributed by atoms with Gasteiger partial charge in [-0.3, -0.25) is 4.90 Å². The molecule has 0 spiro atoms. The molecule has 1 aliphatic carbocycles. The quantitative estimate of drug-likeness (QED) is 0.693. The van der Waals surface area contributed by atoms with Crippen molar-refractivity contribution in [3.05, 3.63) is 101 Å². The van der Waals surface area contributed by atoms with Gasteiger partial charge in [0.2, 0.25) is 0 Å². The first-order valence-electron chi connectivity index (χ1n) is 9.84. The van der Waals surface area contributed by atoms with E-state index < -0.39 is 0 Å². The zero-order chi connectivity index (χ0) is 19.5. The summed E-state index contributed by atoms with van der Waals surface area (Å²) < 4.78 is 5.99. The molecule has 1 unspecified atom stereocenters. The topological polar surface area (TPSA) is 15.7 Å². The van der Waals surface area contributed by atoms with Crippen molar-refractivity contribution in [1.82, 2.24) is 4.90 Å². The molecule has 4 rings (SSSR count). The van der Waals surface area contributed by atoms with Gasteiger partial charge in [0.1, 0.15) is 6.61 Å². The van der Waals surface area contributed by atoms with Crippen molar-refractivity contribution in [2.75, 3.05) is 39.2 Å². The number of allylic oxidation sites excluding steroid dienone is 4. The van der Waals surface area contributed by atoms with Crippen LogP contribution in [0.3, 0.4) is 0 Å². The van der Waals surface area contributed by atoms with Crippen LogP contribution in [0.1, 0.15) is 17.0 Å². The molecule has 28 heavy (non-hydrogen) atoms. The maximum atomic E-state index is 5.99. The standard InChI is InChI=1S/C25H27N2O/c1-26(2)15-16-28-20-13-14-25-23(18-20)22(17-19-9-5-4-6-10-19)21-11-7-8-12-24(21)27(25)3/h4-14,22H,15-17H2,1-3H3/q+1. The second kappa shape index (κ2) is 8.02. The zero-order valence-electron chi connectivity index (χ0n) is 16.9. The van der Waals surface area contributed by atoms with Crippen LogP contribution in [0.25, 0.3) is 0 Å². The van der Waals surface area contributed by atoms with Gasteiger partial charge in [0.25, 0.3) is 5.76 Å². The van der Waals surface area contributed by atoms with Gasteiger partial charge in [-0.2, -0.15) is 0 Å². The largest absolute Gasteiger partial charge is 0.464 e. The van der Waals surface area contributed by atoms with Crippen molar-refractivity contribution in [2.24, 2.45) is 0 Å². The molecule has 3 heteroatoms. The number of ether oxygens (including phenoxy) is 1. The lowest BCUT2D eigenvalue weighted by atomic mass is 9.79. The number of rotatable bonds is 6. The van der Waals surface area contributed by atoms with Crippen molar-refractivity contribution in [2.45, 2.75) is 12.3 Å². The molecule has 1 atom stereocenters. The Morgan fingerprint density at radius 3 is 2.54 bits per heavy atom. The highest BCUT2D eigenvalue weighted by Crippen LogP contribution is 2.44. The van der Waals surface area contributed by atoms with Crippen LogP contribution in [-0.2, 0) is 11.2 Å². The molecule has 142 valence electrons.